The van der Waals surface area contributed by atoms with Gasteiger partial charge in [-0.1, -0.05) is 0 Å². The van der Waals surface area contributed by atoms with Crippen LogP contribution in [0, 0.1) is 0 Å². The molecule has 2 amide bonds. The number of urea groups is 1. The third-order valence-corrected chi connectivity index (χ3v) is 3.70. The van der Waals surface area contributed by atoms with Crippen LogP contribution in [-0.2, 0) is 9.47 Å². The van der Waals surface area contributed by atoms with Gasteiger partial charge < -0.3 is 25.0 Å². The molecule has 1 aromatic rings. The van der Waals surface area contributed by atoms with Gasteiger partial charge in [-0.25, -0.2) is 9.78 Å². The van der Waals surface area contributed by atoms with Crippen LogP contribution in [0.3, 0.4) is 0 Å². The molecule has 0 aromatic carbocycles. The summed E-state index contributed by atoms with van der Waals surface area (Å²) in [5.41, 5.74) is 0.676. The highest BCUT2D eigenvalue weighted by Gasteiger charge is 2.22. The average molecular weight is 336 g/mol. The van der Waals surface area contributed by atoms with Gasteiger partial charge in [0.15, 0.2) is 0 Å². The molecule has 7 nitrogen and oxygen atoms in total. The standard InChI is InChI=1S/C17H28N4O3/c1-4-23-9-5-8-18-17(22)20-15-6-7-16(19-10-15)21-11-13(2)24-14(3)12-21/h6-7,10,13-14H,4-5,8-9,11-12H2,1-3H3,(H2,18,20,22)/t13-,14+. The van der Waals surface area contributed by atoms with Crippen LogP contribution < -0.4 is 15.5 Å². The van der Waals surface area contributed by atoms with Crippen molar-refractivity contribution in [2.24, 2.45) is 0 Å². The van der Waals surface area contributed by atoms with Crippen LogP contribution >= 0.6 is 0 Å². The number of amides is 2. The van der Waals surface area contributed by atoms with Crippen molar-refractivity contribution in [2.75, 3.05) is 43.1 Å². The Labute approximate surface area is 143 Å². The van der Waals surface area contributed by atoms with Crippen molar-refractivity contribution in [3.05, 3.63) is 18.3 Å². The van der Waals surface area contributed by atoms with Gasteiger partial charge >= 0.3 is 6.03 Å². The fraction of sp³-hybridized carbons (Fsp3) is 0.647. The van der Waals surface area contributed by atoms with Crippen LogP contribution in [-0.4, -0.2) is 56.1 Å². The Morgan fingerprint density at radius 1 is 1.38 bits per heavy atom. The number of hydrogen-bond donors (Lipinski definition) is 2. The molecule has 2 heterocycles. The predicted octanol–water partition coefficient (Wildman–Crippen LogP) is 2.24. The second-order valence-electron chi connectivity index (χ2n) is 6.00. The Bertz CT molecular complexity index is 499. The zero-order valence-corrected chi connectivity index (χ0v) is 14.7. The highest BCUT2D eigenvalue weighted by atomic mass is 16.5. The Kier molecular flexibility index (Phi) is 7.27. The normalized spacial score (nSPS) is 20.7. The molecular formula is C17H28N4O3. The third-order valence-electron chi connectivity index (χ3n) is 3.70. The van der Waals surface area contributed by atoms with Crippen molar-refractivity contribution in [1.82, 2.24) is 10.3 Å². The minimum atomic E-state index is -0.227. The Morgan fingerprint density at radius 3 is 2.75 bits per heavy atom. The Hall–Kier alpha value is -1.86. The number of pyridine rings is 1. The summed E-state index contributed by atoms with van der Waals surface area (Å²) in [5.74, 6) is 0.902. The third kappa shape index (κ3) is 5.98. The van der Waals surface area contributed by atoms with Crippen LogP contribution in [0.4, 0.5) is 16.3 Å². The number of rotatable bonds is 7. The van der Waals surface area contributed by atoms with Crippen LogP contribution in [0.15, 0.2) is 18.3 Å². The first-order chi connectivity index (χ1) is 11.6. The first kappa shape index (κ1) is 18.5. The number of carbonyl (C=O) groups is 1. The summed E-state index contributed by atoms with van der Waals surface area (Å²) in [6, 6.07) is 3.57. The fourth-order valence-electron chi connectivity index (χ4n) is 2.71. The van der Waals surface area contributed by atoms with E-state index in [0.29, 0.717) is 25.4 Å². The lowest BCUT2D eigenvalue weighted by Gasteiger charge is -2.36. The van der Waals surface area contributed by atoms with Crippen molar-refractivity contribution < 1.29 is 14.3 Å². The van der Waals surface area contributed by atoms with E-state index >= 15 is 0 Å². The van der Waals surface area contributed by atoms with Gasteiger partial charge in [-0.3, -0.25) is 0 Å². The molecule has 0 unspecified atom stereocenters. The van der Waals surface area contributed by atoms with Crippen molar-refractivity contribution in [1.29, 1.82) is 0 Å². The summed E-state index contributed by atoms with van der Waals surface area (Å²) in [4.78, 5) is 18.5. The number of hydrogen-bond acceptors (Lipinski definition) is 5. The maximum atomic E-state index is 11.8. The zero-order chi connectivity index (χ0) is 17.4. The number of anilines is 2. The molecule has 7 heteroatoms. The van der Waals surface area contributed by atoms with E-state index in [-0.39, 0.29) is 18.2 Å². The molecule has 1 aromatic heterocycles. The molecular weight excluding hydrogens is 308 g/mol. The van der Waals surface area contributed by atoms with E-state index in [1.54, 1.807) is 6.20 Å². The molecule has 2 N–H and O–H groups in total. The first-order valence-corrected chi connectivity index (χ1v) is 8.57. The summed E-state index contributed by atoms with van der Waals surface area (Å²) >= 11 is 0. The largest absolute Gasteiger partial charge is 0.382 e. The Morgan fingerprint density at radius 2 is 2.12 bits per heavy atom. The van der Waals surface area contributed by atoms with Gasteiger partial charge in [0.05, 0.1) is 24.1 Å². The van der Waals surface area contributed by atoms with E-state index in [0.717, 1.165) is 25.3 Å². The van der Waals surface area contributed by atoms with Crippen LogP contribution in [0.25, 0.3) is 0 Å². The number of morpholine rings is 1. The summed E-state index contributed by atoms with van der Waals surface area (Å²) in [6.45, 7) is 9.67. The minimum Gasteiger partial charge on any atom is -0.382 e. The fourth-order valence-corrected chi connectivity index (χ4v) is 2.71. The molecule has 134 valence electrons. The molecule has 1 saturated heterocycles. The summed E-state index contributed by atoms with van der Waals surface area (Å²) in [6.07, 6.45) is 2.86. The number of aromatic nitrogens is 1. The van der Waals surface area contributed by atoms with Gasteiger partial charge in [0.2, 0.25) is 0 Å². The molecule has 1 aliphatic rings. The van der Waals surface area contributed by atoms with E-state index in [2.05, 4.69) is 34.4 Å². The lowest BCUT2D eigenvalue weighted by Crippen LogP contribution is -2.45. The number of carbonyl (C=O) groups excluding carboxylic acids is 1. The predicted molar refractivity (Wildman–Crippen MR) is 94.6 cm³/mol. The second-order valence-corrected chi connectivity index (χ2v) is 6.00. The highest BCUT2D eigenvalue weighted by Crippen LogP contribution is 2.19. The lowest BCUT2D eigenvalue weighted by atomic mass is 10.2. The van der Waals surface area contributed by atoms with Gasteiger partial charge in [-0.05, 0) is 39.3 Å². The molecule has 0 saturated carbocycles. The molecule has 1 fully saturated rings. The monoisotopic (exact) mass is 336 g/mol. The van der Waals surface area contributed by atoms with Crippen molar-refractivity contribution >= 4 is 17.5 Å². The zero-order valence-electron chi connectivity index (χ0n) is 14.7. The molecule has 0 spiro atoms. The molecule has 24 heavy (non-hydrogen) atoms. The number of nitrogens with zero attached hydrogens (tertiary/aromatic N) is 2. The SMILES string of the molecule is CCOCCCNC(=O)Nc1ccc(N2C[C@@H](C)O[C@@H](C)C2)nc1. The molecule has 0 radical (unpaired) electrons. The van der Waals surface area contributed by atoms with E-state index < -0.39 is 0 Å². The lowest BCUT2D eigenvalue weighted by molar-refractivity contribution is -0.00545. The molecule has 0 aliphatic carbocycles. The summed E-state index contributed by atoms with van der Waals surface area (Å²) in [5, 5.41) is 5.58. The van der Waals surface area contributed by atoms with Gasteiger partial charge in [-0.2, -0.15) is 0 Å². The summed E-state index contributed by atoms with van der Waals surface area (Å²) < 4.78 is 11.0. The molecule has 0 bridgehead atoms. The highest BCUT2D eigenvalue weighted by molar-refractivity contribution is 5.89. The first-order valence-electron chi connectivity index (χ1n) is 8.57. The van der Waals surface area contributed by atoms with Gasteiger partial charge in [-0.15, -0.1) is 0 Å². The maximum Gasteiger partial charge on any atom is 0.319 e. The average Bonchev–Trinajstić information content (AvgIpc) is 2.54. The van der Waals surface area contributed by atoms with Gasteiger partial charge in [0.1, 0.15) is 5.82 Å². The van der Waals surface area contributed by atoms with Gasteiger partial charge in [0, 0.05) is 32.8 Å². The maximum absolute atomic E-state index is 11.8. The van der Waals surface area contributed by atoms with E-state index in [4.69, 9.17) is 9.47 Å². The topological polar surface area (TPSA) is 75.7 Å². The van der Waals surface area contributed by atoms with E-state index in [1.807, 2.05) is 19.1 Å². The molecule has 2 atom stereocenters. The van der Waals surface area contributed by atoms with Crippen molar-refractivity contribution in [2.45, 2.75) is 39.4 Å². The molecule has 1 aliphatic heterocycles. The number of nitrogens with one attached hydrogen (secondary N) is 2. The van der Waals surface area contributed by atoms with E-state index in [9.17, 15) is 4.79 Å². The van der Waals surface area contributed by atoms with Crippen LogP contribution in [0.2, 0.25) is 0 Å². The summed E-state index contributed by atoms with van der Waals surface area (Å²) in [7, 11) is 0. The Balaban J connectivity index is 1.78. The quantitative estimate of drug-likeness (QED) is 0.747. The van der Waals surface area contributed by atoms with Gasteiger partial charge in [0.25, 0.3) is 0 Å². The van der Waals surface area contributed by atoms with Crippen molar-refractivity contribution in [3.8, 4) is 0 Å². The second kappa shape index (κ2) is 9.44. The molecule has 2 rings (SSSR count). The minimum absolute atomic E-state index is 0.191. The van der Waals surface area contributed by atoms with E-state index in [1.165, 1.54) is 0 Å². The van der Waals surface area contributed by atoms with Crippen LogP contribution in [0.1, 0.15) is 27.2 Å². The van der Waals surface area contributed by atoms with Crippen LogP contribution in [0.5, 0.6) is 0 Å². The van der Waals surface area contributed by atoms with Crippen molar-refractivity contribution in [3.63, 3.8) is 0 Å². The smallest absolute Gasteiger partial charge is 0.319 e. The number of ether oxygens (including phenoxy) is 2.